The van der Waals surface area contributed by atoms with Gasteiger partial charge in [-0.2, -0.15) is 0 Å². The quantitative estimate of drug-likeness (QED) is 0.430. The van der Waals surface area contributed by atoms with Gasteiger partial charge in [0, 0.05) is 26.4 Å². The third-order valence-electron chi connectivity index (χ3n) is 2.44. The van der Waals surface area contributed by atoms with Crippen molar-refractivity contribution in [3.05, 3.63) is 0 Å². The Balaban J connectivity index is 5.39. The van der Waals surface area contributed by atoms with E-state index in [9.17, 15) is 0 Å². The molecule has 0 bridgehead atoms. The van der Waals surface area contributed by atoms with Crippen molar-refractivity contribution in [1.82, 2.24) is 0 Å². The van der Waals surface area contributed by atoms with E-state index in [1.54, 1.807) is 0 Å². The summed E-state index contributed by atoms with van der Waals surface area (Å²) < 4.78 is 23.6. The fourth-order valence-corrected chi connectivity index (χ4v) is 15.6. The van der Waals surface area contributed by atoms with E-state index >= 15 is 0 Å². The van der Waals surface area contributed by atoms with Crippen LogP contribution in [0.5, 0.6) is 0 Å². The lowest BCUT2D eigenvalue weighted by Gasteiger charge is -2.41. The summed E-state index contributed by atoms with van der Waals surface area (Å²) in [6.07, 6.45) is 0. The van der Waals surface area contributed by atoms with Crippen molar-refractivity contribution in [2.45, 2.75) is 27.7 Å². The summed E-state index contributed by atoms with van der Waals surface area (Å²) in [7, 11) is -5.53. The molecule has 0 aliphatic carbocycles. The average molecular weight is 335 g/mol. The highest BCUT2D eigenvalue weighted by Gasteiger charge is 2.64. The van der Waals surface area contributed by atoms with E-state index in [2.05, 4.69) is 0 Å². The Morgan fingerprint density at radius 2 is 0.833 bits per heavy atom. The standard InChI is InChI=1S/C10H24Cl2O4Si2/c1-5-13-17(9-11,14-6-2)18(10-12,15-7-3)16-8-4/h5-10H2,1-4H3. The molecule has 0 aliphatic heterocycles. The van der Waals surface area contributed by atoms with Crippen molar-refractivity contribution < 1.29 is 17.7 Å². The second-order valence-electron chi connectivity index (χ2n) is 3.51. The first-order valence-corrected chi connectivity index (χ1v) is 12.4. The van der Waals surface area contributed by atoms with Gasteiger partial charge in [0.2, 0.25) is 0 Å². The van der Waals surface area contributed by atoms with Crippen LogP contribution in [0, 0.1) is 0 Å². The van der Waals surface area contributed by atoms with Crippen LogP contribution in [0.1, 0.15) is 27.7 Å². The Hall–Kier alpha value is 0.854. The van der Waals surface area contributed by atoms with Crippen molar-refractivity contribution in [3.8, 4) is 0 Å². The van der Waals surface area contributed by atoms with Gasteiger partial charge in [-0.15, -0.1) is 23.2 Å². The van der Waals surface area contributed by atoms with E-state index in [-0.39, 0.29) is 11.0 Å². The lowest BCUT2D eigenvalue weighted by Crippen LogP contribution is -2.73. The van der Waals surface area contributed by atoms with E-state index < -0.39 is 16.2 Å². The van der Waals surface area contributed by atoms with Crippen LogP contribution in [-0.4, -0.2) is 53.6 Å². The van der Waals surface area contributed by atoms with Crippen LogP contribution in [-0.2, 0) is 17.7 Å². The molecule has 0 heterocycles. The normalized spacial score (nSPS) is 13.0. The summed E-state index contributed by atoms with van der Waals surface area (Å²) >= 11 is 12.3. The zero-order valence-electron chi connectivity index (χ0n) is 11.6. The second-order valence-corrected chi connectivity index (χ2v) is 14.4. The molecular formula is C10H24Cl2O4Si2. The van der Waals surface area contributed by atoms with Crippen LogP contribution in [0.3, 0.4) is 0 Å². The Bertz CT molecular complexity index is 188. The molecule has 0 aromatic carbocycles. The molecule has 18 heavy (non-hydrogen) atoms. The third-order valence-corrected chi connectivity index (χ3v) is 17.1. The van der Waals surface area contributed by atoms with E-state index in [1.807, 2.05) is 27.7 Å². The topological polar surface area (TPSA) is 36.9 Å². The minimum atomic E-state index is -2.76. The maximum atomic E-state index is 6.14. The summed E-state index contributed by atoms with van der Waals surface area (Å²) in [5, 5.41) is 0. The van der Waals surface area contributed by atoms with Crippen LogP contribution < -0.4 is 0 Å². The minimum absolute atomic E-state index is 0.271. The zero-order valence-corrected chi connectivity index (χ0v) is 15.1. The number of halogens is 2. The Kier molecular flexibility index (Phi) is 10.2. The summed E-state index contributed by atoms with van der Waals surface area (Å²) in [5.74, 6) is 0. The van der Waals surface area contributed by atoms with Crippen molar-refractivity contribution in [3.63, 3.8) is 0 Å². The fraction of sp³-hybridized carbons (Fsp3) is 1.00. The van der Waals surface area contributed by atoms with E-state index in [4.69, 9.17) is 40.9 Å². The van der Waals surface area contributed by atoms with Gasteiger partial charge in [0.05, 0.1) is 11.0 Å². The van der Waals surface area contributed by atoms with E-state index in [0.717, 1.165) is 0 Å². The molecule has 0 saturated carbocycles. The minimum Gasteiger partial charge on any atom is -0.393 e. The van der Waals surface area contributed by atoms with E-state index in [1.165, 1.54) is 0 Å². The highest BCUT2D eigenvalue weighted by atomic mass is 35.5. The molecule has 0 N–H and O–H groups in total. The number of hydrogen-bond donors (Lipinski definition) is 0. The van der Waals surface area contributed by atoms with Crippen LogP contribution >= 0.6 is 23.2 Å². The first-order valence-electron chi connectivity index (χ1n) is 6.29. The first-order chi connectivity index (χ1) is 8.61. The lowest BCUT2D eigenvalue weighted by molar-refractivity contribution is 0.150. The van der Waals surface area contributed by atoms with Gasteiger partial charge in [0.1, 0.15) is 0 Å². The van der Waals surface area contributed by atoms with Crippen LogP contribution in [0.15, 0.2) is 0 Å². The van der Waals surface area contributed by atoms with Gasteiger partial charge in [-0.05, 0) is 27.7 Å². The molecule has 4 nitrogen and oxygen atoms in total. The van der Waals surface area contributed by atoms with Gasteiger partial charge in [-0.3, -0.25) is 0 Å². The molecule has 0 saturated heterocycles. The Morgan fingerprint density at radius 1 is 0.611 bits per heavy atom. The van der Waals surface area contributed by atoms with Crippen molar-refractivity contribution in [2.75, 3.05) is 37.4 Å². The number of rotatable bonds is 11. The predicted octanol–water partition coefficient (Wildman–Crippen LogP) is 2.65. The summed E-state index contributed by atoms with van der Waals surface area (Å²) in [6, 6.07) is 0. The first kappa shape index (κ1) is 18.9. The second kappa shape index (κ2) is 9.71. The molecule has 110 valence electrons. The predicted molar refractivity (Wildman–Crippen MR) is 79.5 cm³/mol. The average Bonchev–Trinajstić information content (AvgIpc) is 2.37. The van der Waals surface area contributed by atoms with Crippen LogP contribution in [0.2, 0.25) is 0 Å². The van der Waals surface area contributed by atoms with Crippen molar-refractivity contribution in [2.24, 2.45) is 0 Å². The Labute approximate surface area is 122 Å². The highest BCUT2D eigenvalue weighted by molar-refractivity contribution is 7.34. The van der Waals surface area contributed by atoms with Gasteiger partial charge in [0.25, 0.3) is 0 Å². The van der Waals surface area contributed by atoms with Gasteiger partial charge in [0.15, 0.2) is 0 Å². The molecule has 0 rings (SSSR count). The van der Waals surface area contributed by atoms with Crippen LogP contribution in [0.25, 0.3) is 0 Å². The van der Waals surface area contributed by atoms with Crippen molar-refractivity contribution in [1.29, 1.82) is 0 Å². The molecule has 8 heteroatoms. The van der Waals surface area contributed by atoms with Gasteiger partial charge < -0.3 is 17.7 Å². The van der Waals surface area contributed by atoms with Crippen LogP contribution in [0.4, 0.5) is 0 Å². The van der Waals surface area contributed by atoms with Crippen molar-refractivity contribution >= 4 is 39.4 Å². The maximum absolute atomic E-state index is 6.14. The Morgan fingerprint density at radius 3 is 0.944 bits per heavy atom. The molecule has 0 radical (unpaired) electrons. The molecule has 0 aromatic rings. The smallest absolute Gasteiger partial charge is 0.393 e. The molecule has 0 spiro atoms. The molecule has 0 aromatic heterocycles. The number of hydrogen-bond acceptors (Lipinski definition) is 4. The molecule has 0 atom stereocenters. The maximum Gasteiger partial charge on any atom is 0.400 e. The zero-order chi connectivity index (χ0) is 14.1. The number of alkyl halides is 2. The van der Waals surface area contributed by atoms with Gasteiger partial charge >= 0.3 is 16.2 Å². The third kappa shape index (κ3) is 4.17. The highest BCUT2D eigenvalue weighted by Crippen LogP contribution is 2.27. The van der Waals surface area contributed by atoms with Gasteiger partial charge in [-0.25, -0.2) is 0 Å². The molecule has 0 aliphatic rings. The van der Waals surface area contributed by atoms with E-state index in [0.29, 0.717) is 26.4 Å². The lowest BCUT2D eigenvalue weighted by atomic mass is 10.9. The fourth-order valence-electron chi connectivity index (χ4n) is 1.81. The largest absolute Gasteiger partial charge is 0.400 e. The summed E-state index contributed by atoms with van der Waals surface area (Å²) in [6.45, 7) is 9.74. The molecule has 0 unspecified atom stereocenters. The molecule has 0 amide bonds. The van der Waals surface area contributed by atoms with Gasteiger partial charge in [-0.1, -0.05) is 0 Å². The molecular weight excluding hydrogens is 311 g/mol. The molecule has 0 fully saturated rings. The monoisotopic (exact) mass is 334 g/mol. The summed E-state index contributed by atoms with van der Waals surface area (Å²) in [5.41, 5.74) is 0.543. The summed E-state index contributed by atoms with van der Waals surface area (Å²) in [4.78, 5) is 0. The SMILES string of the molecule is CCO[Si](CCl)(OCC)[Si](CCl)(OCC)OCC.